The smallest absolute Gasteiger partial charge is 0.280 e. The highest BCUT2D eigenvalue weighted by Gasteiger charge is 2.35. The molecule has 0 aliphatic carbocycles. The maximum absolute atomic E-state index is 13.6. The highest BCUT2D eigenvalue weighted by atomic mass is 19.1. The molecule has 4 aromatic heterocycles. The molecule has 0 spiro atoms. The van der Waals surface area contributed by atoms with E-state index in [0.29, 0.717) is 37.6 Å². The number of rotatable bonds is 7. The first-order valence-corrected chi connectivity index (χ1v) is 12.5. The van der Waals surface area contributed by atoms with Gasteiger partial charge < -0.3 is 19.5 Å². The van der Waals surface area contributed by atoms with Crippen molar-refractivity contribution in [3.05, 3.63) is 76.4 Å². The van der Waals surface area contributed by atoms with E-state index in [9.17, 15) is 18.8 Å². The lowest BCUT2D eigenvalue weighted by molar-refractivity contribution is -0.116. The Morgan fingerprint density at radius 1 is 1.08 bits per heavy atom. The first kappa shape index (κ1) is 24.8. The molecule has 2 amide bonds. The fraction of sp³-hybridized carbons (Fsp3) is 0.308. The van der Waals surface area contributed by atoms with Gasteiger partial charge in [0, 0.05) is 50.2 Å². The molecule has 39 heavy (non-hydrogen) atoms. The fourth-order valence-corrected chi connectivity index (χ4v) is 4.89. The maximum atomic E-state index is 13.6. The zero-order chi connectivity index (χ0) is 26.9. The van der Waals surface area contributed by atoms with Crippen LogP contribution in [0.3, 0.4) is 0 Å². The van der Waals surface area contributed by atoms with E-state index in [2.05, 4.69) is 25.3 Å². The van der Waals surface area contributed by atoms with Crippen molar-refractivity contribution in [2.75, 3.05) is 44.7 Å². The van der Waals surface area contributed by atoms with Crippen molar-refractivity contribution in [2.24, 2.45) is 0 Å². The van der Waals surface area contributed by atoms with Crippen LogP contribution in [0.1, 0.15) is 16.1 Å². The molecule has 0 radical (unpaired) electrons. The van der Waals surface area contributed by atoms with Gasteiger partial charge in [0.15, 0.2) is 0 Å². The van der Waals surface area contributed by atoms with Crippen molar-refractivity contribution < 1.29 is 18.7 Å². The third-order valence-corrected chi connectivity index (χ3v) is 6.87. The average Bonchev–Trinajstić information content (AvgIpc) is 3.55. The van der Waals surface area contributed by atoms with Gasteiger partial charge >= 0.3 is 0 Å². The highest BCUT2D eigenvalue weighted by molar-refractivity contribution is 5.98. The van der Waals surface area contributed by atoms with Gasteiger partial charge in [0.05, 0.1) is 37.2 Å². The van der Waals surface area contributed by atoms with Crippen LogP contribution in [0.5, 0.6) is 0 Å². The van der Waals surface area contributed by atoms with Crippen LogP contribution in [0.25, 0.3) is 16.9 Å². The Balaban J connectivity index is 1.36. The number of morpholine rings is 1. The Kier molecular flexibility index (Phi) is 6.59. The zero-order valence-electron chi connectivity index (χ0n) is 20.9. The lowest BCUT2D eigenvalue weighted by Gasteiger charge is -2.28. The topological polar surface area (TPSA) is 127 Å². The number of amides is 2. The fourth-order valence-electron chi connectivity index (χ4n) is 4.89. The molecule has 0 unspecified atom stereocenters. The molecule has 0 saturated carbocycles. The molecular formula is C26H25FN8O4. The third-order valence-electron chi connectivity index (χ3n) is 6.87. The quantitative estimate of drug-likeness (QED) is 0.374. The minimum atomic E-state index is -0.529. The van der Waals surface area contributed by atoms with Gasteiger partial charge in [-0.15, -0.1) is 0 Å². The van der Waals surface area contributed by atoms with E-state index in [1.54, 1.807) is 35.5 Å². The summed E-state index contributed by atoms with van der Waals surface area (Å²) in [6, 6.07) is 7.72. The summed E-state index contributed by atoms with van der Waals surface area (Å²) in [7, 11) is 0. The van der Waals surface area contributed by atoms with Crippen molar-refractivity contribution in [1.29, 1.82) is 0 Å². The molecule has 1 saturated heterocycles. The van der Waals surface area contributed by atoms with Gasteiger partial charge in [-0.2, -0.15) is 9.61 Å². The van der Waals surface area contributed by atoms with Crippen molar-refractivity contribution in [2.45, 2.75) is 13.1 Å². The number of halogens is 1. The van der Waals surface area contributed by atoms with Crippen molar-refractivity contribution in [1.82, 2.24) is 33.9 Å². The normalized spacial score (nSPS) is 15.6. The number of hydrogen-bond acceptors (Lipinski definition) is 8. The average molecular weight is 533 g/mol. The van der Waals surface area contributed by atoms with Crippen LogP contribution >= 0.6 is 0 Å². The number of nitrogens with one attached hydrogen (secondary N) is 1. The van der Waals surface area contributed by atoms with Gasteiger partial charge in [0.25, 0.3) is 11.5 Å². The van der Waals surface area contributed by atoms with Crippen LogP contribution in [-0.2, 0) is 22.6 Å². The zero-order valence-corrected chi connectivity index (χ0v) is 20.9. The van der Waals surface area contributed by atoms with E-state index in [1.165, 1.54) is 21.2 Å². The summed E-state index contributed by atoms with van der Waals surface area (Å²) in [6.07, 6.45) is 4.23. The summed E-state index contributed by atoms with van der Waals surface area (Å²) in [6.45, 7) is 3.78. The molecule has 13 heteroatoms. The van der Waals surface area contributed by atoms with Crippen LogP contribution in [0, 0.1) is 5.82 Å². The lowest BCUT2D eigenvalue weighted by atomic mass is 10.2. The number of anilines is 1. The van der Waals surface area contributed by atoms with Crippen molar-refractivity contribution in [3.8, 4) is 11.3 Å². The van der Waals surface area contributed by atoms with Gasteiger partial charge in [-0.1, -0.05) is 0 Å². The molecule has 2 aliphatic heterocycles. The van der Waals surface area contributed by atoms with Gasteiger partial charge in [-0.25, -0.2) is 9.37 Å². The number of nitrogens with zero attached hydrogens (tertiary/aromatic N) is 7. The highest BCUT2D eigenvalue weighted by Crippen LogP contribution is 2.25. The van der Waals surface area contributed by atoms with E-state index in [1.807, 2.05) is 0 Å². The summed E-state index contributed by atoms with van der Waals surface area (Å²) in [4.78, 5) is 52.0. The standard InChI is InChI=1S/C26H25FN8O4/c27-18-1-2-21(29-14-18)30-22(36)16-34-23-13-20(17-3-5-28-6-4-17)31-35(23)25(37)19-15-33(26(38)24(19)34)8-7-32-9-11-39-12-10-32/h1-6,13-14H,7-12,15-16H2,(H,29,30,36). The number of aromatic nitrogens is 5. The second-order valence-electron chi connectivity index (χ2n) is 9.34. The van der Waals surface area contributed by atoms with E-state index in [-0.39, 0.29) is 36.1 Å². The number of carbonyl (C=O) groups is 2. The Morgan fingerprint density at radius 3 is 2.62 bits per heavy atom. The summed E-state index contributed by atoms with van der Waals surface area (Å²) in [5.74, 6) is -1.18. The van der Waals surface area contributed by atoms with E-state index in [0.717, 1.165) is 24.8 Å². The second kappa shape index (κ2) is 10.3. The monoisotopic (exact) mass is 532 g/mol. The van der Waals surface area contributed by atoms with E-state index in [4.69, 9.17) is 4.74 Å². The molecule has 1 fully saturated rings. The minimum Gasteiger partial charge on any atom is -0.379 e. The molecule has 1 N–H and O–H groups in total. The number of carbonyl (C=O) groups excluding carboxylic acids is 2. The van der Waals surface area contributed by atoms with Crippen LogP contribution in [-0.4, -0.2) is 85.2 Å². The number of fused-ring (bicyclic) bond motifs is 2. The van der Waals surface area contributed by atoms with Crippen LogP contribution in [0.2, 0.25) is 0 Å². The first-order chi connectivity index (χ1) is 19.0. The molecule has 200 valence electrons. The van der Waals surface area contributed by atoms with Crippen molar-refractivity contribution in [3.63, 3.8) is 0 Å². The molecule has 4 aromatic rings. The molecule has 12 nitrogen and oxygen atoms in total. The van der Waals surface area contributed by atoms with Crippen LogP contribution < -0.4 is 10.9 Å². The second-order valence-corrected chi connectivity index (χ2v) is 9.34. The Labute approximate surface area is 221 Å². The van der Waals surface area contributed by atoms with Gasteiger partial charge in [-0.3, -0.25) is 24.3 Å². The Morgan fingerprint density at radius 2 is 1.87 bits per heavy atom. The molecule has 6 rings (SSSR count). The lowest BCUT2D eigenvalue weighted by Crippen LogP contribution is -2.41. The molecule has 0 atom stereocenters. The predicted octanol–water partition coefficient (Wildman–Crippen LogP) is 1.02. The Hall–Kier alpha value is -4.49. The molecule has 0 bridgehead atoms. The van der Waals surface area contributed by atoms with Gasteiger partial charge in [0.1, 0.15) is 29.5 Å². The van der Waals surface area contributed by atoms with Gasteiger partial charge in [0.2, 0.25) is 5.91 Å². The third kappa shape index (κ3) is 4.89. The minimum absolute atomic E-state index is 0.124. The summed E-state index contributed by atoms with van der Waals surface area (Å²) in [5.41, 5.74) is 1.59. The maximum Gasteiger partial charge on any atom is 0.280 e. The van der Waals surface area contributed by atoms with E-state index >= 15 is 0 Å². The predicted molar refractivity (Wildman–Crippen MR) is 138 cm³/mol. The summed E-state index contributed by atoms with van der Waals surface area (Å²) in [5, 5.41) is 7.13. The molecular weight excluding hydrogens is 507 g/mol. The summed E-state index contributed by atoms with van der Waals surface area (Å²) >= 11 is 0. The Bertz CT molecular complexity index is 1600. The number of ether oxygens (including phenoxy) is 1. The number of pyridine rings is 2. The van der Waals surface area contributed by atoms with Crippen LogP contribution in [0.4, 0.5) is 10.2 Å². The molecule has 0 aromatic carbocycles. The summed E-state index contributed by atoms with van der Waals surface area (Å²) < 4.78 is 21.4. The molecule has 2 aliphatic rings. The van der Waals surface area contributed by atoms with Crippen molar-refractivity contribution >= 4 is 23.3 Å². The largest absolute Gasteiger partial charge is 0.379 e. The van der Waals surface area contributed by atoms with Crippen LogP contribution in [0.15, 0.2) is 53.7 Å². The van der Waals surface area contributed by atoms with E-state index < -0.39 is 17.3 Å². The SMILES string of the molecule is O=C(Cn1c2c(c(=O)n3nc(-c4ccncc4)cc13)CN(CCN1CCOCC1)C2=O)Nc1ccc(F)cn1. The molecule has 6 heterocycles. The first-order valence-electron chi connectivity index (χ1n) is 12.5. The number of hydrogen-bond donors (Lipinski definition) is 1. The van der Waals surface area contributed by atoms with Gasteiger partial charge in [-0.05, 0) is 24.3 Å².